The largest absolute Gasteiger partial charge is 0.249 e. The van der Waals surface area contributed by atoms with Gasteiger partial charge in [0, 0.05) is 10.0 Å². The first-order chi connectivity index (χ1) is 10.4. The molecule has 0 heterocycles. The molecule has 22 heavy (non-hydrogen) atoms. The van der Waals surface area contributed by atoms with E-state index in [2.05, 4.69) is 72.1 Å². The number of alkyl halides is 2. The van der Waals surface area contributed by atoms with Crippen molar-refractivity contribution < 1.29 is 0 Å². The first-order valence-corrected chi connectivity index (χ1v) is 9.21. The quantitative estimate of drug-likeness (QED) is 0.335. The van der Waals surface area contributed by atoms with Crippen molar-refractivity contribution in [1.29, 1.82) is 0 Å². The summed E-state index contributed by atoms with van der Waals surface area (Å²) in [6.45, 7) is 4.04. The molecule has 114 valence electrons. The van der Waals surface area contributed by atoms with Gasteiger partial charge in [-0.1, -0.05) is 108 Å². The molecular weight excluding hydrogens is 470 g/mol. The number of hydrogen-bond acceptors (Lipinski definition) is 1. The Balaban J connectivity index is 2.60. The van der Waals surface area contributed by atoms with Gasteiger partial charge < -0.3 is 0 Å². The number of allylic oxidation sites excluding steroid dienone is 1. The van der Waals surface area contributed by atoms with Crippen LogP contribution in [0.25, 0.3) is 5.70 Å². The molecule has 0 atom stereocenters. The summed E-state index contributed by atoms with van der Waals surface area (Å²) in [5.74, 6) is 0. The topological polar surface area (TPSA) is 12.4 Å². The monoisotopic (exact) mass is 483 g/mol. The lowest BCUT2D eigenvalue weighted by Crippen LogP contribution is -2.22. The maximum atomic E-state index is 4.94. The molecule has 0 aromatic heterocycles. The highest BCUT2D eigenvalue weighted by molar-refractivity contribution is 9.25. The molecule has 2 rings (SSSR count). The Labute approximate surface area is 156 Å². The van der Waals surface area contributed by atoms with Crippen LogP contribution in [0, 0.1) is 0 Å². The Bertz CT molecular complexity index is 679. The van der Waals surface area contributed by atoms with Crippen LogP contribution in [0.5, 0.6) is 0 Å². The Kier molecular flexibility index (Phi) is 6.18. The van der Waals surface area contributed by atoms with E-state index in [1.54, 1.807) is 0 Å². The Morgan fingerprint density at radius 3 is 1.73 bits per heavy atom. The van der Waals surface area contributed by atoms with Crippen LogP contribution in [0.1, 0.15) is 25.0 Å². The highest BCUT2D eigenvalue weighted by Crippen LogP contribution is 2.34. The average Bonchev–Trinajstić information content (AvgIpc) is 2.48. The molecular formula is C18H16Br3N. The predicted octanol–water partition coefficient (Wildman–Crippen LogP) is 6.77. The molecule has 0 saturated carbocycles. The van der Waals surface area contributed by atoms with E-state index in [4.69, 9.17) is 4.99 Å². The molecule has 0 N–H and O–H groups in total. The first kappa shape index (κ1) is 17.6. The van der Waals surface area contributed by atoms with E-state index in [0.29, 0.717) is 0 Å². The summed E-state index contributed by atoms with van der Waals surface area (Å²) in [6.07, 6.45) is 0. The van der Waals surface area contributed by atoms with Crippen LogP contribution >= 0.6 is 47.8 Å². The zero-order valence-electron chi connectivity index (χ0n) is 12.4. The molecule has 0 fully saturated rings. The molecule has 0 aliphatic rings. The van der Waals surface area contributed by atoms with E-state index in [9.17, 15) is 0 Å². The molecule has 0 bridgehead atoms. The van der Waals surface area contributed by atoms with E-state index in [1.807, 2.05) is 50.2 Å². The minimum absolute atomic E-state index is 0.413. The standard InChI is InChI=1S/C18H16Br3N/c1-13(19)16(14-9-5-3-6-10-14)22-17(18(2,20)21)15-11-7-4-8-12-15/h3-12H,1-2H3/b16-13-,22-17?. The SMILES string of the molecule is C/C(Br)=C(/N=C(c1ccccc1)C(C)(Br)Br)c1ccccc1. The molecule has 0 aliphatic carbocycles. The number of nitrogens with zero attached hydrogens (tertiary/aromatic N) is 1. The van der Waals surface area contributed by atoms with Gasteiger partial charge in [-0.2, -0.15) is 0 Å². The maximum Gasteiger partial charge on any atom is 0.120 e. The van der Waals surface area contributed by atoms with Gasteiger partial charge in [0.25, 0.3) is 0 Å². The zero-order valence-corrected chi connectivity index (χ0v) is 17.1. The van der Waals surface area contributed by atoms with Gasteiger partial charge in [-0.05, 0) is 19.4 Å². The van der Waals surface area contributed by atoms with Crippen molar-refractivity contribution in [2.24, 2.45) is 4.99 Å². The van der Waals surface area contributed by atoms with Crippen LogP contribution in [-0.2, 0) is 0 Å². The summed E-state index contributed by atoms with van der Waals surface area (Å²) in [7, 11) is 0. The minimum Gasteiger partial charge on any atom is -0.249 e. The van der Waals surface area contributed by atoms with E-state index in [0.717, 1.165) is 27.0 Å². The maximum absolute atomic E-state index is 4.94. The molecule has 0 amide bonds. The van der Waals surface area contributed by atoms with Crippen molar-refractivity contribution in [3.63, 3.8) is 0 Å². The predicted molar refractivity (Wildman–Crippen MR) is 107 cm³/mol. The zero-order chi connectivity index (χ0) is 16.2. The Hall–Kier alpha value is -0.710. The van der Waals surface area contributed by atoms with E-state index in [1.165, 1.54) is 0 Å². The Morgan fingerprint density at radius 1 is 0.864 bits per heavy atom. The van der Waals surface area contributed by atoms with Crippen molar-refractivity contribution >= 4 is 59.2 Å². The molecule has 2 aromatic rings. The second kappa shape index (κ2) is 7.71. The number of benzene rings is 2. The highest BCUT2D eigenvalue weighted by Gasteiger charge is 2.25. The fraction of sp³-hybridized carbons (Fsp3) is 0.167. The van der Waals surface area contributed by atoms with Crippen molar-refractivity contribution in [1.82, 2.24) is 0 Å². The fourth-order valence-electron chi connectivity index (χ4n) is 2.06. The van der Waals surface area contributed by atoms with Gasteiger partial charge in [-0.15, -0.1) is 0 Å². The average molecular weight is 486 g/mol. The lowest BCUT2D eigenvalue weighted by molar-refractivity contribution is 1.25. The third-order valence-corrected chi connectivity index (χ3v) is 4.19. The normalized spacial score (nSPS) is 13.8. The van der Waals surface area contributed by atoms with Crippen molar-refractivity contribution in [3.05, 3.63) is 76.3 Å². The number of hydrogen-bond donors (Lipinski definition) is 0. The van der Waals surface area contributed by atoms with Crippen LogP contribution in [0.15, 0.2) is 70.1 Å². The molecule has 0 unspecified atom stereocenters. The van der Waals surface area contributed by atoms with Crippen LogP contribution < -0.4 is 0 Å². The van der Waals surface area contributed by atoms with E-state index in [-0.39, 0.29) is 0 Å². The molecule has 0 aliphatic heterocycles. The minimum atomic E-state index is -0.413. The molecule has 0 spiro atoms. The second-order valence-electron chi connectivity index (χ2n) is 4.96. The lowest BCUT2D eigenvalue weighted by Gasteiger charge is -2.19. The molecule has 0 saturated heterocycles. The summed E-state index contributed by atoms with van der Waals surface area (Å²) in [5.41, 5.74) is 3.99. The van der Waals surface area contributed by atoms with Crippen LogP contribution in [0.3, 0.4) is 0 Å². The Morgan fingerprint density at radius 2 is 1.32 bits per heavy atom. The van der Waals surface area contributed by atoms with Crippen molar-refractivity contribution in [2.45, 2.75) is 17.1 Å². The highest BCUT2D eigenvalue weighted by atomic mass is 79.9. The third kappa shape index (κ3) is 4.64. The smallest absolute Gasteiger partial charge is 0.120 e. The third-order valence-electron chi connectivity index (χ3n) is 3.06. The van der Waals surface area contributed by atoms with E-state index >= 15 is 0 Å². The van der Waals surface area contributed by atoms with Gasteiger partial charge in [-0.3, -0.25) is 0 Å². The van der Waals surface area contributed by atoms with Crippen LogP contribution in [0.2, 0.25) is 0 Å². The van der Waals surface area contributed by atoms with Gasteiger partial charge in [0.2, 0.25) is 0 Å². The van der Waals surface area contributed by atoms with Crippen molar-refractivity contribution in [3.8, 4) is 0 Å². The summed E-state index contributed by atoms with van der Waals surface area (Å²) >= 11 is 10.9. The van der Waals surface area contributed by atoms with Gasteiger partial charge in [-0.25, -0.2) is 4.99 Å². The first-order valence-electron chi connectivity index (χ1n) is 6.84. The van der Waals surface area contributed by atoms with Gasteiger partial charge in [0.05, 0.1) is 11.4 Å². The molecule has 1 nitrogen and oxygen atoms in total. The van der Waals surface area contributed by atoms with Crippen LogP contribution in [-0.4, -0.2) is 8.95 Å². The second-order valence-corrected chi connectivity index (χ2v) is 10.4. The van der Waals surface area contributed by atoms with Gasteiger partial charge in [0.15, 0.2) is 0 Å². The van der Waals surface area contributed by atoms with Crippen molar-refractivity contribution in [2.75, 3.05) is 0 Å². The van der Waals surface area contributed by atoms with Gasteiger partial charge in [0.1, 0.15) is 3.23 Å². The summed E-state index contributed by atoms with van der Waals surface area (Å²) in [5, 5.41) is 0. The molecule has 4 heteroatoms. The molecule has 0 radical (unpaired) electrons. The number of halogens is 3. The summed E-state index contributed by atoms with van der Waals surface area (Å²) in [6, 6.07) is 20.3. The van der Waals surface area contributed by atoms with E-state index < -0.39 is 3.23 Å². The van der Waals surface area contributed by atoms with Gasteiger partial charge >= 0.3 is 0 Å². The number of aliphatic imine (C=N–C) groups is 1. The fourth-order valence-corrected chi connectivity index (χ4v) is 3.01. The lowest BCUT2D eigenvalue weighted by atomic mass is 10.1. The summed E-state index contributed by atoms with van der Waals surface area (Å²) in [4.78, 5) is 4.94. The summed E-state index contributed by atoms with van der Waals surface area (Å²) < 4.78 is 0.584. The number of rotatable bonds is 4. The van der Waals surface area contributed by atoms with Crippen LogP contribution in [0.4, 0.5) is 0 Å². The molecule has 2 aromatic carbocycles.